The number of benzene rings is 1. The smallest absolute Gasteiger partial charge is 0.286 e. The Morgan fingerprint density at radius 2 is 1.95 bits per heavy atom. The minimum atomic E-state index is -0.153. The third kappa shape index (κ3) is 3.03. The van der Waals surface area contributed by atoms with Crippen molar-refractivity contribution < 1.29 is 14.3 Å². The molecule has 3 rings (SSSR count). The zero-order valence-electron chi connectivity index (χ0n) is 12.7. The second-order valence-electron chi connectivity index (χ2n) is 5.08. The maximum absolute atomic E-state index is 12.2. The molecule has 0 saturated carbocycles. The quantitative estimate of drug-likeness (QED) is 0.784. The first-order chi connectivity index (χ1) is 10.7. The van der Waals surface area contributed by atoms with Gasteiger partial charge in [0.05, 0.1) is 25.2 Å². The van der Waals surface area contributed by atoms with Crippen LogP contribution >= 0.6 is 11.8 Å². The summed E-state index contributed by atoms with van der Waals surface area (Å²) in [4.78, 5) is 19.2. The van der Waals surface area contributed by atoms with Crippen molar-refractivity contribution in [3.8, 4) is 5.75 Å². The number of allylic oxidation sites excluding steroid dienone is 1. The van der Waals surface area contributed by atoms with Gasteiger partial charge in [-0.3, -0.25) is 4.79 Å². The molecule has 6 heteroatoms. The molecule has 2 heterocycles. The Kier molecular flexibility index (Phi) is 4.49. The maximum Gasteiger partial charge on any atom is 0.286 e. The Morgan fingerprint density at radius 1 is 1.27 bits per heavy atom. The van der Waals surface area contributed by atoms with E-state index in [1.165, 1.54) is 11.8 Å². The van der Waals surface area contributed by atoms with Crippen LogP contribution in [0.25, 0.3) is 5.57 Å². The van der Waals surface area contributed by atoms with Crippen LogP contribution in [0.4, 0.5) is 0 Å². The second-order valence-corrected chi connectivity index (χ2v) is 6.06. The highest BCUT2D eigenvalue weighted by Gasteiger charge is 2.28. The molecular weight excluding hydrogens is 300 g/mol. The number of nitrogens with zero attached hydrogens (tertiary/aromatic N) is 2. The molecule has 1 aromatic rings. The molecule has 1 amide bonds. The molecule has 0 atom stereocenters. The van der Waals surface area contributed by atoms with Crippen molar-refractivity contribution in [3.05, 3.63) is 34.7 Å². The number of amidine groups is 1. The minimum Gasteiger partial charge on any atom is -0.497 e. The SMILES string of the molecule is COc1ccc(/C(C)=C2\SC(N3CCOCC3)=NC2=O)cc1. The molecule has 0 aromatic heterocycles. The number of carbonyl (C=O) groups is 1. The van der Waals surface area contributed by atoms with E-state index in [1.54, 1.807) is 7.11 Å². The Labute approximate surface area is 134 Å². The number of aliphatic imine (C=N–C) groups is 1. The highest BCUT2D eigenvalue weighted by Crippen LogP contribution is 2.35. The molecule has 0 radical (unpaired) electrons. The molecule has 2 aliphatic heterocycles. The topological polar surface area (TPSA) is 51.1 Å². The van der Waals surface area contributed by atoms with Gasteiger partial charge in [-0.25, -0.2) is 0 Å². The molecule has 116 valence electrons. The van der Waals surface area contributed by atoms with Crippen LogP contribution in [0.3, 0.4) is 0 Å². The molecule has 0 unspecified atom stereocenters. The van der Waals surface area contributed by atoms with E-state index in [0.717, 1.165) is 35.1 Å². The van der Waals surface area contributed by atoms with Crippen LogP contribution < -0.4 is 4.74 Å². The van der Waals surface area contributed by atoms with E-state index < -0.39 is 0 Å². The molecule has 5 nitrogen and oxygen atoms in total. The normalized spacial score (nSPS) is 20.9. The predicted octanol–water partition coefficient (Wildman–Crippen LogP) is 2.39. The summed E-state index contributed by atoms with van der Waals surface area (Å²) in [6.45, 7) is 4.90. The van der Waals surface area contributed by atoms with Gasteiger partial charge >= 0.3 is 0 Å². The van der Waals surface area contributed by atoms with Crippen LogP contribution in [-0.4, -0.2) is 49.4 Å². The summed E-state index contributed by atoms with van der Waals surface area (Å²) in [7, 11) is 1.64. The lowest BCUT2D eigenvalue weighted by Crippen LogP contribution is -2.38. The lowest BCUT2D eigenvalue weighted by molar-refractivity contribution is -0.113. The first-order valence-electron chi connectivity index (χ1n) is 7.18. The number of carbonyl (C=O) groups excluding carboxylic acids is 1. The fourth-order valence-electron chi connectivity index (χ4n) is 2.39. The highest BCUT2D eigenvalue weighted by molar-refractivity contribution is 8.18. The van der Waals surface area contributed by atoms with E-state index in [2.05, 4.69) is 9.89 Å². The van der Waals surface area contributed by atoms with E-state index in [4.69, 9.17) is 9.47 Å². The van der Waals surface area contributed by atoms with Gasteiger partial charge in [0, 0.05) is 13.1 Å². The van der Waals surface area contributed by atoms with E-state index in [0.29, 0.717) is 18.1 Å². The van der Waals surface area contributed by atoms with Crippen LogP contribution in [0.5, 0.6) is 5.75 Å². The summed E-state index contributed by atoms with van der Waals surface area (Å²) in [5, 5.41) is 0.788. The first kappa shape index (κ1) is 15.1. The highest BCUT2D eigenvalue weighted by atomic mass is 32.2. The zero-order valence-corrected chi connectivity index (χ0v) is 13.5. The number of thioether (sulfide) groups is 1. The van der Waals surface area contributed by atoms with Gasteiger partial charge in [-0.1, -0.05) is 12.1 Å². The van der Waals surface area contributed by atoms with Gasteiger partial charge in [0.15, 0.2) is 5.17 Å². The van der Waals surface area contributed by atoms with Gasteiger partial charge in [0.1, 0.15) is 5.75 Å². The monoisotopic (exact) mass is 318 g/mol. The van der Waals surface area contributed by atoms with Crippen LogP contribution in [0.2, 0.25) is 0 Å². The summed E-state index contributed by atoms with van der Waals surface area (Å²) in [5.74, 6) is 0.650. The van der Waals surface area contributed by atoms with Gasteiger partial charge in [-0.15, -0.1) is 0 Å². The molecule has 22 heavy (non-hydrogen) atoms. The van der Waals surface area contributed by atoms with Crippen LogP contribution in [0, 0.1) is 0 Å². The average molecular weight is 318 g/mol. The Bertz CT molecular complexity index is 631. The van der Waals surface area contributed by atoms with E-state index in [-0.39, 0.29) is 5.91 Å². The van der Waals surface area contributed by atoms with Crippen molar-refractivity contribution in [3.63, 3.8) is 0 Å². The molecule has 1 fully saturated rings. The molecule has 0 aliphatic carbocycles. The molecular formula is C16H18N2O3S. The van der Waals surface area contributed by atoms with Crippen LogP contribution in [0.15, 0.2) is 34.2 Å². The number of ether oxygens (including phenoxy) is 2. The predicted molar refractivity (Wildman–Crippen MR) is 88.0 cm³/mol. The number of hydrogen-bond acceptors (Lipinski definition) is 5. The van der Waals surface area contributed by atoms with E-state index in [1.807, 2.05) is 31.2 Å². The van der Waals surface area contributed by atoms with Crippen molar-refractivity contribution in [2.45, 2.75) is 6.92 Å². The first-order valence-corrected chi connectivity index (χ1v) is 7.99. The summed E-state index contributed by atoms with van der Waals surface area (Å²) < 4.78 is 10.5. The third-order valence-corrected chi connectivity index (χ3v) is 4.95. The number of hydrogen-bond donors (Lipinski definition) is 0. The van der Waals surface area contributed by atoms with Gasteiger partial charge in [-0.05, 0) is 42.0 Å². The summed E-state index contributed by atoms with van der Waals surface area (Å²) >= 11 is 1.46. The number of methoxy groups -OCH3 is 1. The Hall–Kier alpha value is -1.79. The molecule has 1 saturated heterocycles. The summed E-state index contributed by atoms with van der Waals surface area (Å²) in [6.07, 6.45) is 0. The number of amides is 1. The van der Waals surface area contributed by atoms with Gasteiger partial charge in [0.2, 0.25) is 0 Å². The van der Waals surface area contributed by atoms with Crippen molar-refractivity contribution in [2.75, 3.05) is 33.4 Å². The van der Waals surface area contributed by atoms with Crippen LogP contribution in [0.1, 0.15) is 12.5 Å². The van der Waals surface area contributed by atoms with Crippen molar-refractivity contribution in [1.29, 1.82) is 0 Å². The molecule has 1 aromatic carbocycles. The summed E-state index contributed by atoms with van der Waals surface area (Å²) in [5.41, 5.74) is 1.96. The molecule has 0 N–H and O–H groups in total. The third-order valence-electron chi connectivity index (χ3n) is 3.73. The van der Waals surface area contributed by atoms with Crippen molar-refractivity contribution in [1.82, 2.24) is 4.90 Å². The summed E-state index contributed by atoms with van der Waals surface area (Å²) in [6, 6.07) is 7.71. The average Bonchev–Trinajstić information content (AvgIpc) is 2.97. The van der Waals surface area contributed by atoms with E-state index >= 15 is 0 Å². The Balaban J connectivity index is 1.80. The fourth-order valence-corrected chi connectivity index (χ4v) is 3.42. The molecule has 0 spiro atoms. The maximum atomic E-state index is 12.2. The number of rotatable bonds is 2. The van der Waals surface area contributed by atoms with Crippen molar-refractivity contribution >= 4 is 28.4 Å². The minimum absolute atomic E-state index is 0.153. The zero-order chi connectivity index (χ0) is 15.5. The van der Waals surface area contributed by atoms with Crippen molar-refractivity contribution in [2.24, 2.45) is 4.99 Å². The van der Waals surface area contributed by atoms with Gasteiger partial charge < -0.3 is 14.4 Å². The van der Waals surface area contributed by atoms with Gasteiger partial charge in [-0.2, -0.15) is 4.99 Å². The standard InChI is InChI=1S/C16H18N2O3S/c1-11(12-3-5-13(20-2)6-4-12)14-15(19)17-16(22-14)18-7-9-21-10-8-18/h3-6H,7-10H2,1-2H3/b14-11-. The fraction of sp³-hybridized carbons (Fsp3) is 0.375. The second kappa shape index (κ2) is 6.54. The lowest BCUT2D eigenvalue weighted by atomic mass is 10.1. The van der Waals surface area contributed by atoms with E-state index in [9.17, 15) is 4.79 Å². The van der Waals surface area contributed by atoms with Gasteiger partial charge in [0.25, 0.3) is 5.91 Å². The number of morpholine rings is 1. The largest absolute Gasteiger partial charge is 0.497 e. The molecule has 0 bridgehead atoms. The lowest BCUT2D eigenvalue weighted by Gasteiger charge is -2.27. The molecule has 2 aliphatic rings. The van der Waals surface area contributed by atoms with Crippen LogP contribution in [-0.2, 0) is 9.53 Å². The Morgan fingerprint density at radius 3 is 2.59 bits per heavy atom.